The number of pyridine rings is 1. The quantitative estimate of drug-likeness (QED) is 0.821. The molecule has 0 aromatic carbocycles. The van der Waals surface area contributed by atoms with Crippen LogP contribution in [0.2, 0.25) is 0 Å². The van der Waals surface area contributed by atoms with E-state index in [9.17, 15) is 0 Å². The number of imidazole rings is 1. The highest BCUT2D eigenvalue weighted by molar-refractivity contribution is 9.10. The van der Waals surface area contributed by atoms with Crippen LogP contribution in [0, 0.1) is 6.92 Å². The third-order valence-electron chi connectivity index (χ3n) is 2.04. The van der Waals surface area contributed by atoms with Crippen molar-refractivity contribution in [3.8, 4) is 0 Å². The predicted molar refractivity (Wildman–Crippen MR) is 58.0 cm³/mol. The number of aryl methyl sites for hydroxylation is 1. The van der Waals surface area contributed by atoms with Gasteiger partial charge in [0.1, 0.15) is 0 Å². The van der Waals surface area contributed by atoms with E-state index in [0.29, 0.717) is 0 Å². The Morgan fingerprint density at radius 3 is 3.00 bits per heavy atom. The molecule has 0 bridgehead atoms. The Kier molecular flexibility index (Phi) is 2.63. The van der Waals surface area contributed by atoms with Crippen LogP contribution >= 0.6 is 15.9 Å². The van der Waals surface area contributed by atoms with E-state index >= 15 is 0 Å². The van der Waals surface area contributed by atoms with Crippen molar-refractivity contribution in [2.24, 2.45) is 0 Å². The SMILES string of the molecule is Cc1cc(Br)cnc1Cn1ccnc1. The molecule has 0 fully saturated rings. The van der Waals surface area contributed by atoms with E-state index in [1.807, 2.05) is 17.0 Å². The molecular weight excluding hydrogens is 242 g/mol. The summed E-state index contributed by atoms with van der Waals surface area (Å²) in [6.45, 7) is 2.84. The van der Waals surface area contributed by atoms with E-state index in [-0.39, 0.29) is 0 Å². The first kappa shape index (κ1) is 9.40. The highest BCUT2D eigenvalue weighted by Crippen LogP contribution is 2.13. The van der Waals surface area contributed by atoms with Gasteiger partial charge in [-0.15, -0.1) is 0 Å². The number of hydrogen-bond donors (Lipinski definition) is 0. The molecule has 0 radical (unpaired) electrons. The molecule has 0 aliphatic heterocycles. The summed E-state index contributed by atoms with van der Waals surface area (Å²) < 4.78 is 3.02. The molecule has 0 aliphatic carbocycles. The van der Waals surface area contributed by atoms with Gasteiger partial charge in [0.25, 0.3) is 0 Å². The Morgan fingerprint density at radius 1 is 1.50 bits per heavy atom. The zero-order valence-electron chi connectivity index (χ0n) is 7.81. The first-order valence-corrected chi connectivity index (χ1v) is 5.12. The lowest BCUT2D eigenvalue weighted by Crippen LogP contribution is -2.01. The summed E-state index contributed by atoms with van der Waals surface area (Å²) in [6, 6.07) is 2.07. The molecule has 2 aromatic rings. The van der Waals surface area contributed by atoms with Gasteiger partial charge in [-0.25, -0.2) is 4.98 Å². The van der Waals surface area contributed by atoms with E-state index in [1.54, 1.807) is 12.5 Å². The summed E-state index contributed by atoms with van der Waals surface area (Å²) in [5, 5.41) is 0. The number of hydrogen-bond acceptors (Lipinski definition) is 2. The first-order valence-electron chi connectivity index (χ1n) is 4.32. The van der Waals surface area contributed by atoms with Gasteiger partial charge in [-0.3, -0.25) is 4.98 Å². The summed E-state index contributed by atoms with van der Waals surface area (Å²) >= 11 is 3.39. The fraction of sp³-hybridized carbons (Fsp3) is 0.200. The van der Waals surface area contributed by atoms with E-state index in [1.165, 1.54) is 5.56 Å². The molecule has 0 saturated carbocycles. The van der Waals surface area contributed by atoms with Crippen LogP contribution < -0.4 is 0 Å². The molecule has 0 saturated heterocycles. The molecule has 2 heterocycles. The summed E-state index contributed by atoms with van der Waals surface area (Å²) in [5.74, 6) is 0. The summed E-state index contributed by atoms with van der Waals surface area (Å²) in [7, 11) is 0. The molecule has 3 nitrogen and oxygen atoms in total. The third-order valence-corrected chi connectivity index (χ3v) is 2.48. The van der Waals surface area contributed by atoms with Gasteiger partial charge in [-0.05, 0) is 34.5 Å². The molecule has 0 amide bonds. The molecular formula is C10H10BrN3. The van der Waals surface area contributed by atoms with Crippen LogP contribution in [-0.2, 0) is 6.54 Å². The second-order valence-electron chi connectivity index (χ2n) is 3.15. The average Bonchev–Trinajstić information content (AvgIpc) is 2.62. The van der Waals surface area contributed by atoms with Crippen LogP contribution in [-0.4, -0.2) is 14.5 Å². The van der Waals surface area contributed by atoms with Gasteiger partial charge in [0, 0.05) is 23.1 Å². The van der Waals surface area contributed by atoms with Gasteiger partial charge in [0.05, 0.1) is 18.6 Å². The fourth-order valence-electron chi connectivity index (χ4n) is 1.29. The molecule has 0 N–H and O–H groups in total. The minimum Gasteiger partial charge on any atom is -0.331 e. The van der Waals surface area contributed by atoms with Crippen LogP contribution in [0.15, 0.2) is 35.5 Å². The lowest BCUT2D eigenvalue weighted by atomic mass is 10.2. The number of halogens is 1. The van der Waals surface area contributed by atoms with Gasteiger partial charge in [0.15, 0.2) is 0 Å². The third kappa shape index (κ3) is 2.01. The van der Waals surface area contributed by atoms with Gasteiger partial charge in [0.2, 0.25) is 0 Å². The average molecular weight is 252 g/mol. The van der Waals surface area contributed by atoms with Crippen molar-refractivity contribution in [3.63, 3.8) is 0 Å². The second-order valence-corrected chi connectivity index (χ2v) is 4.07. The smallest absolute Gasteiger partial charge is 0.0949 e. The molecule has 4 heteroatoms. The van der Waals surface area contributed by atoms with Crippen LogP contribution in [0.5, 0.6) is 0 Å². The Labute approximate surface area is 90.9 Å². The van der Waals surface area contributed by atoms with E-state index in [2.05, 4.69) is 38.9 Å². The highest BCUT2D eigenvalue weighted by atomic mass is 79.9. The molecule has 72 valence electrons. The zero-order valence-corrected chi connectivity index (χ0v) is 9.40. The number of nitrogens with zero attached hydrogens (tertiary/aromatic N) is 3. The van der Waals surface area contributed by atoms with Gasteiger partial charge >= 0.3 is 0 Å². The maximum absolute atomic E-state index is 4.36. The molecule has 0 spiro atoms. The Bertz CT molecular complexity index is 423. The van der Waals surface area contributed by atoms with Gasteiger partial charge in [-0.1, -0.05) is 0 Å². The van der Waals surface area contributed by atoms with Crippen molar-refractivity contribution in [1.82, 2.24) is 14.5 Å². The van der Waals surface area contributed by atoms with Crippen LogP contribution in [0.3, 0.4) is 0 Å². The van der Waals surface area contributed by atoms with Crippen molar-refractivity contribution in [1.29, 1.82) is 0 Å². The second kappa shape index (κ2) is 3.92. The lowest BCUT2D eigenvalue weighted by molar-refractivity contribution is 0.766. The van der Waals surface area contributed by atoms with E-state index in [0.717, 1.165) is 16.7 Å². The van der Waals surface area contributed by atoms with Crippen molar-refractivity contribution in [3.05, 3.63) is 46.7 Å². The van der Waals surface area contributed by atoms with Gasteiger partial charge in [-0.2, -0.15) is 0 Å². The van der Waals surface area contributed by atoms with Gasteiger partial charge < -0.3 is 4.57 Å². The minimum atomic E-state index is 0.777. The summed E-state index contributed by atoms with van der Waals surface area (Å²) in [6.07, 6.45) is 7.32. The lowest BCUT2D eigenvalue weighted by Gasteiger charge is -2.05. The Balaban J connectivity index is 2.25. The number of aromatic nitrogens is 3. The monoisotopic (exact) mass is 251 g/mol. The topological polar surface area (TPSA) is 30.7 Å². The summed E-state index contributed by atoms with van der Waals surface area (Å²) in [5.41, 5.74) is 2.26. The van der Waals surface area contributed by atoms with Crippen LogP contribution in [0.25, 0.3) is 0 Å². The minimum absolute atomic E-state index is 0.777. The first-order chi connectivity index (χ1) is 6.75. The molecule has 0 atom stereocenters. The van der Waals surface area contributed by atoms with Crippen molar-refractivity contribution in [2.75, 3.05) is 0 Å². The Hall–Kier alpha value is -1.16. The maximum Gasteiger partial charge on any atom is 0.0949 e. The van der Waals surface area contributed by atoms with Crippen molar-refractivity contribution in [2.45, 2.75) is 13.5 Å². The maximum atomic E-state index is 4.36. The largest absolute Gasteiger partial charge is 0.331 e. The van der Waals surface area contributed by atoms with E-state index in [4.69, 9.17) is 0 Å². The Morgan fingerprint density at radius 2 is 2.36 bits per heavy atom. The molecule has 14 heavy (non-hydrogen) atoms. The molecule has 0 aliphatic rings. The van der Waals surface area contributed by atoms with Crippen molar-refractivity contribution < 1.29 is 0 Å². The predicted octanol–water partition coefficient (Wildman–Crippen LogP) is 2.40. The van der Waals surface area contributed by atoms with E-state index < -0.39 is 0 Å². The molecule has 2 aromatic heterocycles. The zero-order chi connectivity index (χ0) is 9.97. The standard InChI is InChI=1S/C10H10BrN3/c1-8-4-9(11)5-13-10(8)6-14-3-2-12-7-14/h2-5,7H,6H2,1H3. The van der Waals surface area contributed by atoms with Crippen molar-refractivity contribution >= 4 is 15.9 Å². The van der Waals surface area contributed by atoms with Crippen LogP contribution in [0.1, 0.15) is 11.3 Å². The molecule has 2 rings (SSSR count). The normalized spacial score (nSPS) is 10.4. The number of rotatable bonds is 2. The highest BCUT2D eigenvalue weighted by Gasteiger charge is 2.01. The molecule has 0 unspecified atom stereocenters. The van der Waals surface area contributed by atoms with Crippen LogP contribution in [0.4, 0.5) is 0 Å². The fourth-order valence-corrected chi connectivity index (χ4v) is 1.73. The summed E-state index contributed by atoms with van der Waals surface area (Å²) in [4.78, 5) is 8.35.